The van der Waals surface area contributed by atoms with Crippen LogP contribution in [-0.2, 0) is 6.42 Å². The van der Waals surface area contributed by atoms with E-state index in [4.69, 9.17) is 5.73 Å². The molecule has 1 saturated carbocycles. The first-order valence-corrected chi connectivity index (χ1v) is 11.6. The van der Waals surface area contributed by atoms with Gasteiger partial charge in [-0.2, -0.15) is 0 Å². The molecule has 0 bridgehead atoms. The monoisotopic (exact) mass is 446 g/mol. The lowest BCUT2D eigenvalue weighted by Crippen LogP contribution is -2.31. The van der Waals surface area contributed by atoms with Gasteiger partial charge in [-0.05, 0) is 61.3 Å². The average Bonchev–Trinajstić information content (AvgIpc) is 3.08. The molecule has 4 N–H and O–H groups in total. The van der Waals surface area contributed by atoms with Gasteiger partial charge in [0.15, 0.2) is 0 Å². The Hall–Kier alpha value is -3.19. The number of nitrogens with one attached hydrogen (secondary N) is 1. The van der Waals surface area contributed by atoms with Gasteiger partial charge >= 0.3 is 0 Å². The third-order valence-corrected chi connectivity index (χ3v) is 7.02. The van der Waals surface area contributed by atoms with E-state index in [0.29, 0.717) is 17.7 Å². The summed E-state index contributed by atoms with van der Waals surface area (Å²) in [5.74, 6) is -0.400. The number of carbonyl (C=O) groups excluding carboxylic acids is 2. The predicted molar refractivity (Wildman–Crippen MR) is 128 cm³/mol. The molecule has 1 aromatic carbocycles. The molecule has 2 aliphatic rings. The summed E-state index contributed by atoms with van der Waals surface area (Å²) >= 11 is 0. The third kappa shape index (κ3) is 3.91. The van der Waals surface area contributed by atoms with Crippen LogP contribution >= 0.6 is 0 Å². The minimum Gasteiger partial charge on any atom is -0.393 e. The fraction of sp³-hybridized carbons (Fsp3) is 0.423. The van der Waals surface area contributed by atoms with E-state index in [1.54, 1.807) is 18.5 Å². The maximum Gasteiger partial charge on any atom is 0.250 e. The van der Waals surface area contributed by atoms with Crippen molar-refractivity contribution in [3.05, 3.63) is 47.9 Å². The van der Waals surface area contributed by atoms with Gasteiger partial charge in [0.25, 0.3) is 5.91 Å². The Morgan fingerprint density at radius 2 is 1.94 bits per heavy atom. The Morgan fingerprint density at radius 3 is 2.67 bits per heavy atom. The van der Waals surface area contributed by atoms with E-state index in [-0.39, 0.29) is 23.5 Å². The van der Waals surface area contributed by atoms with E-state index >= 15 is 0 Å². The van der Waals surface area contributed by atoms with Gasteiger partial charge in [-0.25, -0.2) is 0 Å². The van der Waals surface area contributed by atoms with Crippen molar-refractivity contribution in [1.29, 1.82) is 0 Å². The summed E-state index contributed by atoms with van der Waals surface area (Å²) in [6, 6.07) is 7.79. The zero-order valence-corrected chi connectivity index (χ0v) is 19.1. The number of aliphatic hydroxyl groups is 1. The Morgan fingerprint density at radius 1 is 1.18 bits per heavy atom. The molecule has 1 aliphatic heterocycles. The number of nitrogens with two attached hydrogens (primary N) is 1. The van der Waals surface area contributed by atoms with Crippen LogP contribution in [0.25, 0.3) is 22.0 Å². The highest BCUT2D eigenvalue weighted by molar-refractivity contribution is 6.06. The van der Waals surface area contributed by atoms with Crippen LogP contribution in [0.1, 0.15) is 66.8 Å². The number of primary amides is 1. The Balaban J connectivity index is 1.65. The van der Waals surface area contributed by atoms with Crippen molar-refractivity contribution in [2.45, 2.75) is 64.5 Å². The molecule has 3 heterocycles. The number of pyridine rings is 1. The van der Waals surface area contributed by atoms with E-state index < -0.39 is 5.91 Å². The van der Waals surface area contributed by atoms with Gasteiger partial charge in [0.1, 0.15) is 0 Å². The number of anilines is 1. The van der Waals surface area contributed by atoms with Crippen molar-refractivity contribution < 1.29 is 14.7 Å². The quantitative estimate of drug-likeness (QED) is 0.558. The third-order valence-electron chi connectivity index (χ3n) is 7.02. The number of hydrogen-bond donors (Lipinski definition) is 3. The highest BCUT2D eigenvalue weighted by Crippen LogP contribution is 2.43. The summed E-state index contributed by atoms with van der Waals surface area (Å²) in [5, 5.41) is 14.3. The SMILES string of the molecule is CC1(C)CC(=O)n2c(c(-c3ccc(C(N)=O)c(NC4CCC(O)CC4)c3)c3ccncc32)C1. The van der Waals surface area contributed by atoms with Gasteiger partial charge in [0, 0.05) is 41.0 Å². The topological polar surface area (TPSA) is 110 Å². The van der Waals surface area contributed by atoms with Crippen LogP contribution < -0.4 is 11.1 Å². The maximum atomic E-state index is 13.1. The summed E-state index contributed by atoms with van der Waals surface area (Å²) < 4.78 is 1.82. The zero-order chi connectivity index (χ0) is 23.3. The van der Waals surface area contributed by atoms with Crippen LogP contribution in [-0.4, -0.2) is 38.6 Å². The molecule has 0 saturated heterocycles. The molecular weight excluding hydrogens is 416 g/mol. The van der Waals surface area contributed by atoms with Crippen molar-refractivity contribution in [2.24, 2.45) is 11.1 Å². The number of carbonyl (C=O) groups is 2. The summed E-state index contributed by atoms with van der Waals surface area (Å²) in [5.41, 5.74) is 10.4. The lowest BCUT2D eigenvalue weighted by atomic mass is 9.80. The smallest absolute Gasteiger partial charge is 0.250 e. The highest BCUT2D eigenvalue weighted by Gasteiger charge is 2.35. The van der Waals surface area contributed by atoms with Crippen LogP contribution in [0.5, 0.6) is 0 Å². The van der Waals surface area contributed by atoms with Crippen molar-refractivity contribution >= 4 is 28.4 Å². The summed E-state index contributed by atoms with van der Waals surface area (Å²) in [4.78, 5) is 29.5. The minimum absolute atomic E-state index is 0.0818. The summed E-state index contributed by atoms with van der Waals surface area (Å²) in [7, 11) is 0. The number of fused-ring (bicyclic) bond motifs is 3. The molecule has 5 rings (SSSR count). The van der Waals surface area contributed by atoms with Crippen LogP contribution in [0.2, 0.25) is 0 Å². The van der Waals surface area contributed by atoms with E-state index in [1.165, 1.54) is 0 Å². The molecule has 3 aromatic rings. The van der Waals surface area contributed by atoms with Crippen LogP contribution in [0.3, 0.4) is 0 Å². The minimum atomic E-state index is -0.482. The molecule has 33 heavy (non-hydrogen) atoms. The van der Waals surface area contributed by atoms with E-state index in [1.807, 2.05) is 22.8 Å². The molecule has 1 aliphatic carbocycles. The van der Waals surface area contributed by atoms with Crippen molar-refractivity contribution in [2.75, 3.05) is 5.32 Å². The molecule has 0 atom stereocenters. The molecule has 2 aromatic heterocycles. The second kappa shape index (κ2) is 7.99. The highest BCUT2D eigenvalue weighted by atomic mass is 16.3. The van der Waals surface area contributed by atoms with Crippen molar-refractivity contribution in [3.8, 4) is 11.1 Å². The molecule has 1 amide bonds. The number of aromatic nitrogens is 2. The normalized spacial score (nSPS) is 22.2. The number of rotatable bonds is 4. The average molecular weight is 447 g/mol. The van der Waals surface area contributed by atoms with Gasteiger partial charge in [-0.15, -0.1) is 0 Å². The van der Waals surface area contributed by atoms with Crippen LogP contribution in [0, 0.1) is 5.41 Å². The second-order valence-corrected chi connectivity index (χ2v) is 10.2. The number of aliphatic hydroxyl groups excluding tert-OH is 1. The molecule has 0 spiro atoms. The molecule has 0 radical (unpaired) electrons. The van der Waals surface area contributed by atoms with E-state index in [0.717, 1.165) is 59.8 Å². The van der Waals surface area contributed by atoms with E-state index in [2.05, 4.69) is 24.1 Å². The number of nitrogens with zero attached hydrogens (tertiary/aromatic N) is 2. The zero-order valence-electron chi connectivity index (χ0n) is 19.1. The molecule has 172 valence electrons. The first kappa shape index (κ1) is 21.6. The Kier molecular flexibility index (Phi) is 5.24. The molecular formula is C26H30N4O3. The second-order valence-electron chi connectivity index (χ2n) is 10.2. The van der Waals surface area contributed by atoms with E-state index in [9.17, 15) is 14.7 Å². The first-order valence-electron chi connectivity index (χ1n) is 11.6. The molecule has 7 heteroatoms. The summed E-state index contributed by atoms with van der Waals surface area (Å²) in [6.07, 6.45) is 7.66. The molecule has 7 nitrogen and oxygen atoms in total. The van der Waals surface area contributed by atoms with Crippen LogP contribution in [0.4, 0.5) is 5.69 Å². The fourth-order valence-electron chi connectivity index (χ4n) is 5.44. The molecule has 1 fully saturated rings. The van der Waals surface area contributed by atoms with Gasteiger partial charge in [-0.3, -0.25) is 19.1 Å². The number of benzene rings is 1. The predicted octanol–water partition coefficient (Wildman–Crippen LogP) is 4.13. The van der Waals surface area contributed by atoms with Crippen molar-refractivity contribution in [1.82, 2.24) is 9.55 Å². The standard InChI is InChI=1S/C26H30N4O3/c1-26(2)12-21-24(19-9-10-28-14-22(19)30(21)23(32)13-26)15-3-8-18(25(27)33)20(11-15)29-16-4-6-17(31)7-5-16/h3,8-11,14,16-17,29,31H,4-7,12-13H2,1-2H3,(H2,27,33). The van der Waals surface area contributed by atoms with Gasteiger partial charge in [-0.1, -0.05) is 19.9 Å². The lowest BCUT2D eigenvalue weighted by Gasteiger charge is -2.31. The fourth-order valence-corrected chi connectivity index (χ4v) is 5.44. The van der Waals surface area contributed by atoms with Gasteiger partial charge in [0.05, 0.1) is 23.4 Å². The van der Waals surface area contributed by atoms with Crippen LogP contribution in [0.15, 0.2) is 36.7 Å². The Labute approximate surface area is 193 Å². The first-order chi connectivity index (χ1) is 15.7. The Bertz CT molecular complexity index is 1250. The van der Waals surface area contributed by atoms with Gasteiger partial charge in [0.2, 0.25) is 5.91 Å². The van der Waals surface area contributed by atoms with Gasteiger partial charge < -0.3 is 16.2 Å². The summed E-state index contributed by atoms with van der Waals surface area (Å²) in [6.45, 7) is 4.24. The number of hydrogen-bond acceptors (Lipinski definition) is 5. The number of amides is 1. The lowest BCUT2D eigenvalue weighted by molar-refractivity contribution is 0.0816. The maximum absolute atomic E-state index is 13.1. The van der Waals surface area contributed by atoms with Crippen molar-refractivity contribution in [3.63, 3.8) is 0 Å². The largest absolute Gasteiger partial charge is 0.393 e. The molecule has 0 unspecified atom stereocenters.